The first-order chi connectivity index (χ1) is 8.43. The lowest BCUT2D eigenvalue weighted by atomic mass is 9.73. The zero-order valence-electron chi connectivity index (χ0n) is 10.9. The molecule has 1 fully saturated rings. The summed E-state index contributed by atoms with van der Waals surface area (Å²) in [5.74, 6) is -0.443. The molecule has 0 spiro atoms. The fraction of sp³-hybridized carbons (Fsp3) is 0.692. The summed E-state index contributed by atoms with van der Waals surface area (Å²) < 4.78 is 5.24. The van der Waals surface area contributed by atoms with Crippen molar-refractivity contribution >= 4 is 11.9 Å². The highest BCUT2D eigenvalue weighted by Crippen LogP contribution is 2.35. The van der Waals surface area contributed by atoms with E-state index < -0.39 is 17.6 Å². The second kappa shape index (κ2) is 6.00. The van der Waals surface area contributed by atoms with E-state index in [9.17, 15) is 14.7 Å². The number of esters is 1. The van der Waals surface area contributed by atoms with Crippen LogP contribution < -0.4 is 5.32 Å². The largest absolute Gasteiger partial charge is 0.460 e. The number of amides is 1. The van der Waals surface area contributed by atoms with Gasteiger partial charge in [-0.15, -0.1) is 6.58 Å². The van der Waals surface area contributed by atoms with E-state index in [-0.39, 0.29) is 18.4 Å². The molecule has 18 heavy (non-hydrogen) atoms. The van der Waals surface area contributed by atoms with Crippen LogP contribution in [-0.2, 0) is 14.3 Å². The molecule has 0 aromatic heterocycles. The van der Waals surface area contributed by atoms with E-state index >= 15 is 0 Å². The summed E-state index contributed by atoms with van der Waals surface area (Å²) in [6.07, 6.45) is 3.31. The molecule has 1 aliphatic carbocycles. The molecule has 0 radical (unpaired) electrons. The van der Waals surface area contributed by atoms with Crippen LogP contribution in [0.5, 0.6) is 0 Å². The number of aliphatic hydroxyl groups is 1. The molecule has 0 aromatic rings. The van der Waals surface area contributed by atoms with Crippen LogP contribution in [0.3, 0.4) is 0 Å². The minimum atomic E-state index is -0.894. The summed E-state index contributed by atoms with van der Waals surface area (Å²) in [4.78, 5) is 22.4. The third-order valence-corrected chi connectivity index (χ3v) is 3.39. The molecule has 0 heterocycles. The Morgan fingerprint density at radius 2 is 2.17 bits per heavy atom. The molecule has 1 rings (SSSR count). The van der Waals surface area contributed by atoms with Crippen LogP contribution in [0.25, 0.3) is 0 Å². The molecule has 1 amide bonds. The van der Waals surface area contributed by atoms with Gasteiger partial charge in [0.25, 0.3) is 0 Å². The summed E-state index contributed by atoms with van der Waals surface area (Å²) in [7, 11) is 0. The van der Waals surface area contributed by atoms with Crippen LogP contribution in [-0.4, -0.2) is 35.2 Å². The maximum Gasteiger partial charge on any atom is 0.302 e. The van der Waals surface area contributed by atoms with Crippen LogP contribution >= 0.6 is 0 Å². The number of carbonyl (C=O) groups excluding carboxylic acids is 2. The van der Waals surface area contributed by atoms with Crippen molar-refractivity contribution in [1.82, 2.24) is 5.32 Å². The van der Waals surface area contributed by atoms with Crippen molar-refractivity contribution in [1.29, 1.82) is 0 Å². The molecule has 0 bridgehead atoms. The first-order valence-corrected chi connectivity index (χ1v) is 6.13. The summed E-state index contributed by atoms with van der Waals surface area (Å²) >= 11 is 0. The molecule has 0 aliphatic heterocycles. The van der Waals surface area contributed by atoms with Crippen molar-refractivity contribution in [2.75, 3.05) is 6.61 Å². The monoisotopic (exact) mass is 255 g/mol. The van der Waals surface area contributed by atoms with Gasteiger partial charge < -0.3 is 15.2 Å². The van der Waals surface area contributed by atoms with Crippen LogP contribution in [0.2, 0.25) is 0 Å². The lowest BCUT2D eigenvalue weighted by Crippen LogP contribution is -2.62. The number of allylic oxidation sites excluding steroid dienone is 1. The van der Waals surface area contributed by atoms with Gasteiger partial charge in [-0.2, -0.15) is 0 Å². The average molecular weight is 255 g/mol. The topological polar surface area (TPSA) is 75.6 Å². The van der Waals surface area contributed by atoms with E-state index in [4.69, 9.17) is 4.74 Å². The average Bonchev–Trinajstić information content (AvgIpc) is 2.30. The highest BCUT2D eigenvalue weighted by atomic mass is 16.5. The van der Waals surface area contributed by atoms with Gasteiger partial charge in [-0.05, 0) is 25.2 Å². The smallest absolute Gasteiger partial charge is 0.302 e. The van der Waals surface area contributed by atoms with Gasteiger partial charge in [-0.1, -0.05) is 6.08 Å². The van der Waals surface area contributed by atoms with Gasteiger partial charge in [0.1, 0.15) is 11.6 Å². The fourth-order valence-electron chi connectivity index (χ4n) is 2.60. The van der Waals surface area contributed by atoms with Crippen molar-refractivity contribution in [3.05, 3.63) is 12.7 Å². The standard InChI is InChI=1S/C13H21NO4/c1-4-11-5-6-12(18-10(3)17)13(7-11,8-15)14-9(2)16/h4,11-12,15H,1,5-8H2,2-3H3,(H,14,16)/t11-,12-,13-/m1/s1. The number of nitrogens with one attached hydrogen (secondary N) is 1. The fourth-order valence-corrected chi connectivity index (χ4v) is 2.60. The van der Waals surface area contributed by atoms with Gasteiger partial charge >= 0.3 is 5.97 Å². The van der Waals surface area contributed by atoms with E-state index in [1.54, 1.807) is 0 Å². The molecular formula is C13H21NO4. The summed E-state index contributed by atoms with van der Waals surface area (Å²) in [5, 5.41) is 12.4. The van der Waals surface area contributed by atoms with Gasteiger partial charge in [0.15, 0.2) is 0 Å². The van der Waals surface area contributed by atoms with Gasteiger partial charge in [-0.3, -0.25) is 9.59 Å². The predicted molar refractivity (Wildman–Crippen MR) is 66.7 cm³/mol. The molecule has 0 saturated heterocycles. The predicted octanol–water partition coefficient (Wildman–Crippen LogP) is 0.771. The highest BCUT2D eigenvalue weighted by molar-refractivity contribution is 5.74. The Bertz CT molecular complexity index is 342. The zero-order chi connectivity index (χ0) is 13.8. The number of rotatable bonds is 4. The summed E-state index contributed by atoms with van der Waals surface area (Å²) in [6, 6.07) is 0. The van der Waals surface area contributed by atoms with E-state index in [2.05, 4.69) is 11.9 Å². The molecule has 1 saturated carbocycles. The number of ether oxygens (including phenoxy) is 1. The molecule has 0 unspecified atom stereocenters. The first kappa shape index (κ1) is 14.7. The van der Waals surface area contributed by atoms with Crippen molar-refractivity contribution < 1.29 is 19.4 Å². The minimum Gasteiger partial charge on any atom is -0.460 e. The molecule has 1 aliphatic rings. The van der Waals surface area contributed by atoms with Gasteiger partial charge in [-0.25, -0.2) is 0 Å². The normalized spacial score (nSPS) is 31.5. The van der Waals surface area contributed by atoms with E-state index in [0.717, 1.165) is 6.42 Å². The number of hydrogen-bond acceptors (Lipinski definition) is 4. The van der Waals surface area contributed by atoms with Crippen molar-refractivity contribution in [3.63, 3.8) is 0 Å². The third kappa shape index (κ3) is 3.32. The Morgan fingerprint density at radius 3 is 2.61 bits per heavy atom. The summed E-state index contributed by atoms with van der Waals surface area (Å²) in [5.41, 5.74) is -0.894. The van der Waals surface area contributed by atoms with Gasteiger partial charge in [0, 0.05) is 13.8 Å². The quantitative estimate of drug-likeness (QED) is 0.575. The Balaban J connectivity index is 2.95. The SMILES string of the molecule is C=C[C@@H]1CC[C@@H](OC(C)=O)[C@@](CO)(NC(C)=O)C1. The second-order valence-corrected chi connectivity index (χ2v) is 4.87. The number of hydrogen-bond donors (Lipinski definition) is 2. The molecule has 2 N–H and O–H groups in total. The van der Waals surface area contributed by atoms with E-state index in [0.29, 0.717) is 12.8 Å². The Hall–Kier alpha value is -1.36. The minimum absolute atomic E-state index is 0.204. The van der Waals surface area contributed by atoms with Crippen LogP contribution in [0, 0.1) is 5.92 Å². The zero-order valence-corrected chi connectivity index (χ0v) is 10.9. The molecule has 3 atom stereocenters. The van der Waals surface area contributed by atoms with E-state index in [1.165, 1.54) is 13.8 Å². The second-order valence-electron chi connectivity index (χ2n) is 4.87. The van der Waals surface area contributed by atoms with Gasteiger partial charge in [0.2, 0.25) is 5.91 Å². The molecule has 5 heteroatoms. The Morgan fingerprint density at radius 1 is 1.50 bits per heavy atom. The van der Waals surface area contributed by atoms with Gasteiger partial charge in [0.05, 0.1) is 6.61 Å². The molecular weight excluding hydrogens is 234 g/mol. The number of aliphatic hydroxyl groups excluding tert-OH is 1. The maximum atomic E-state index is 11.3. The van der Waals surface area contributed by atoms with Crippen molar-refractivity contribution in [2.45, 2.75) is 44.8 Å². The van der Waals surface area contributed by atoms with Crippen molar-refractivity contribution in [2.24, 2.45) is 5.92 Å². The van der Waals surface area contributed by atoms with Crippen molar-refractivity contribution in [3.8, 4) is 0 Å². The Kier molecular flexibility index (Phi) is 4.90. The molecule has 0 aromatic carbocycles. The lowest BCUT2D eigenvalue weighted by molar-refractivity contribution is -0.157. The third-order valence-electron chi connectivity index (χ3n) is 3.39. The number of carbonyl (C=O) groups is 2. The molecule has 102 valence electrons. The summed E-state index contributed by atoms with van der Waals surface area (Å²) in [6.45, 7) is 6.21. The lowest BCUT2D eigenvalue weighted by Gasteiger charge is -2.44. The van der Waals surface area contributed by atoms with E-state index in [1.807, 2.05) is 6.08 Å². The Labute approximate surface area is 107 Å². The molecule has 5 nitrogen and oxygen atoms in total. The first-order valence-electron chi connectivity index (χ1n) is 6.13. The maximum absolute atomic E-state index is 11.3. The highest BCUT2D eigenvalue weighted by Gasteiger charge is 2.45. The van der Waals surface area contributed by atoms with Crippen LogP contribution in [0.4, 0.5) is 0 Å². The van der Waals surface area contributed by atoms with Crippen LogP contribution in [0.1, 0.15) is 33.1 Å². The van der Waals surface area contributed by atoms with Crippen LogP contribution in [0.15, 0.2) is 12.7 Å².